The van der Waals surface area contributed by atoms with Crippen molar-refractivity contribution in [2.24, 2.45) is 0 Å². The van der Waals surface area contributed by atoms with Crippen molar-refractivity contribution in [2.75, 3.05) is 13.2 Å². The van der Waals surface area contributed by atoms with E-state index in [4.69, 9.17) is 4.74 Å². The Morgan fingerprint density at radius 1 is 1.41 bits per heavy atom. The summed E-state index contributed by atoms with van der Waals surface area (Å²) in [5.41, 5.74) is 1.84. The van der Waals surface area contributed by atoms with E-state index in [0.717, 1.165) is 11.0 Å². The van der Waals surface area contributed by atoms with Gasteiger partial charge in [0.2, 0.25) is 0 Å². The minimum absolute atomic E-state index is 0.0160. The van der Waals surface area contributed by atoms with Crippen LogP contribution in [0, 0.1) is 0 Å². The molecule has 2 rings (SSSR count). The Morgan fingerprint density at radius 2 is 2.18 bits per heavy atom. The SMILES string of the molecule is CCOCCn1c(C(C)=O)nc2ccccc21. The Morgan fingerprint density at radius 3 is 2.88 bits per heavy atom. The summed E-state index contributed by atoms with van der Waals surface area (Å²) in [6.07, 6.45) is 0. The average molecular weight is 232 g/mol. The second kappa shape index (κ2) is 5.10. The van der Waals surface area contributed by atoms with Crippen LogP contribution in [0.3, 0.4) is 0 Å². The van der Waals surface area contributed by atoms with Gasteiger partial charge in [0, 0.05) is 20.1 Å². The van der Waals surface area contributed by atoms with E-state index < -0.39 is 0 Å². The van der Waals surface area contributed by atoms with Gasteiger partial charge in [-0.1, -0.05) is 12.1 Å². The van der Waals surface area contributed by atoms with Gasteiger partial charge in [0.25, 0.3) is 0 Å². The number of benzene rings is 1. The fraction of sp³-hybridized carbons (Fsp3) is 0.385. The summed E-state index contributed by atoms with van der Waals surface area (Å²) in [5.74, 6) is 0.489. The van der Waals surface area contributed by atoms with Crippen LogP contribution in [-0.4, -0.2) is 28.5 Å². The van der Waals surface area contributed by atoms with E-state index in [9.17, 15) is 4.79 Å². The number of aromatic nitrogens is 2. The number of Topliss-reactive ketones (excluding diaryl/α,β-unsaturated/α-hetero) is 1. The molecule has 0 saturated heterocycles. The Bertz CT molecular complexity index is 531. The third kappa shape index (κ3) is 2.36. The lowest BCUT2D eigenvalue weighted by molar-refractivity contribution is 0.0994. The second-order valence-electron chi connectivity index (χ2n) is 3.83. The molecule has 0 saturated carbocycles. The highest BCUT2D eigenvalue weighted by molar-refractivity contribution is 5.94. The lowest BCUT2D eigenvalue weighted by Gasteiger charge is -2.07. The third-order valence-corrected chi connectivity index (χ3v) is 2.63. The molecule has 0 amide bonds. The van der Waals surface area contributed by atoms with Gasteiger partial charge in [-0.3, -0.25) is 4.79 Å². The van der Waals surface area contributed by atoms with Crippen molar-refractivity contribution < 1.29 is 9.53 Å². The van der Waals surface area contributed by atoms with E-state index in [1.165, 1.54) is 0 Å². The molecule has 0 N–H and O–H groups in total. The highest BCUT2D eigenvalue weighted by Gasteiger charge is 2.13. The summed E-state index contributed by atoms with van der Waals surface area (Å²) in [4.78, 5) is 15.9. The Labute approximate surface area is 100 Å². The molecule has 4 heteroatoms. The topological polar surface area (TPSA) is 44.1 Å². The first-order valence-corrected chi connectivity index (χ1v) is 5.78. The highest BCUT2D eigenvalue weighted by Crippen LogP contribution is 2.16. The fourth-order valence-corrected chi connectivity index (χ4v) is 1.87. The fourth-order valence-electron chi connectivity index (χ4n) is 1.87. The van der Waals surface area contributed by atoms with Gasteiger partial charge in [-0.25, -0.2) is 4.98 Å². The van der Waals surface area contributed by atoms with Crippen LogP contribution in [-0.2, 0) is 11.3 Å². The Hall–Kier alpha value is -1.68. The van der Waals surface area contributed by atoms with Crippen LogP contribution in [0.2, 0.25) is 0 Å². The lowest BCUT2D eigenvalue weighted by atomic mass is 10.3. The van der Waals surface area contributed by atoms with Crippen LogP contribution in [0.25, 0.3) is 11.0 Å². The number of rotatable bonds is 5. The molecule has 1 aromatic heterocycles. The molecule has 0 unspecified atom stereocenters. The summed E-state index contributed by atoms with van der Waals surface area (Å²) < 4.78 is 7.25. The normalized spacial score (nSPS) is 10.9. The van der Waals surface area contributed by atoms with Gasteiger partial charge in [0.15, 0.2) is 11.6 Å². The molecule has 0 aliphatic heterocycles. The van der Waals surface area contributed by atoms with E-state index in [1.54, 1.807) is 6.92 Å². The highest BCUT2D eigenvalue weighted by atomic mass is 16.5. The minimum atomic E-state index is -0.0160. The Balaban J connectivity index is 2.41. The molecular weight excluding hydrogens is 216 g/mol. The summed E-state index contributed by atoms with van der Waals surface area (Å²) in [5, 5.41) is 0. The molecular formula is C13H16N2O2. The van der Waals surface area contributed by atoms with Crippen LogP contribution in [0.1, 0.15) is 24.5 Å². The van der Waals surface area contributed by atoms with E-state index in [2.05, 4.69) is 4.98 Å². The molecule has 0 fully saturated rings. The molecule has 1 heterocycles. The molecule has 90 valence electrons. The molecule has 0 aliphatic rings. The molecule has 17 heavy (non-hydrogen) atoms. The summed E-state index contributed by atoms with van der Waals surface area (Å²) in [6, 6.07) is 7.76. The second-order valence-corrected chi connectivity index (χ2v) is 3.83. The first-order valence-electron chi connectivity index (χ1n) is 5.78. The van der Waals surface area contributed by atoms with Gasteiger partial charge in [-0.2, -0.15) is 0 Å². The quantitative estimate of drug-likeness (QED) is 0.586. The number of hydrogen-bond donors (Lipinski definition) is 0. The minimum Gasteiger partial charge on any atom is -0.380 e. The average Bonchev–Trinajstić information content (AvgIpc) is 2.69. The number of hydrogen-bond acceptors (Lipinski definition) is 3. The van der Waals surface area contributed by atoms with Crippen LogP contribution in [0.15, 0.2) is 24.3 Å². The summed E-state index contributed by atoms with van der Waals surface area (Å²) >= 11 is 0. The van der Waals surface area contributed by atoms with Crippen LogP contribution < -0.4 is 0 Å². The maximum Gasteiger partial charge on any atom is 0.195 e. The molecule has 4 nitrogen and oxygen atoms in total. The van der Waals surface area contributed by atoms with Gasteiger partial charge in [0.05, 0.1) is 17.6 Å². The number of carbonyl (C=O) groups excluding carboxylic acids is 1. The zero-order valence-corrected chi connectivity index (χ0v) is 10.1. The zero-order valence-electron chi connectivity index (χ0n) is 10.1. The first-order chi connectivity index (χ1) is 8.24. The lowest BCUT2D eigenvalue weighted by Crippen LogP contribution is -2.12. The van der Waals surface area contributed by atoms with Crippen molar-refractivity contribution in [2.45, 2.75) is 20.4 Å². The number of ether oxygens (including phenoxy) is 1. The van der Waals surface area contributed by atoms with E-state index in [0.29, 0.717) is 25.6 Å². The standard InChI is InChI=1S/C13H16N2O2/c1-3-17-9-8-15-12-7-5-4-6-11(12)14-13(15)10(2)16/h4-7H,3,8-9H2,1-2H3. The molecule has 0 spiro atoms. The van der Waals surface area contributed by atoms with E-state index in [-0.39, 0.29) is 5.78 Å². The molecule has 0 radical (unpaired) electrons. The van der Waals surface area contributed by atoms with Crippen molar-refractivity contribution in [3.63, 3.8) is 0 Å². The predicted molar refractivity (Wildman–Crippen MR) is 66.2 cm³/mol. The van der Waals surface area contributed by atoms with Crippen molar-refractivity contribution in [1.29, 1.82) is 0 Å². The maximum atomic E-state index is 11.5. The van der Waals surface area contributed by atoms with E-state index >= 15 is 0 Å². The van der Waals surface area contributed by atoms with Gasteiger partial charge in [0.1, 0.15) is 0 Å². The number of carbonyl (C=O) groups is 1. The molecule has 2 aromatic rings. The van der Waals surface area contributed by atoms with Gasteiger partial charge >= 0.3 is 0 Å². The maximum absolute atomic E-state index is 11.5. The van der Waals surface area contributed by atoms with Crippen LogP contribution in [0.5, 0.6) is 0 Å². The third-order valence-electron chi connectivity index (χ3n) is 2.63. The van der Waals surface area contributed by atoms with Crippen molar-refractivity contribution in [1.82, 2.24) is 9.55 Å². The van der Waals surface area contributed by atoms with Gasteiger partial charge in [-0.05, 0) is 19.1 Å². The summed E-state index contributed by atoms with van der Waals surface area (Å²) in [7, 11) is 0. The molecule has 1 aromatic carbocycles. The predicted octanol–water partition coefficient (Wildman–Crippen LogP) is 2.28. The van der Waals surface area contributed by atoms with Crippen molar-refractivity contribution in [3.8, 4) is 0 Å². The summed E-state index contributed by atoms with van der Waals surface area (Å²) in [6.45, 7) is 5.43. The number of fused-ring (bicyclic) bond motifs is 1. The smallest absolute Gasteiger partial charge is 0.195 e. The number of nitrogens with zero attached hydrogens (tertiary/aromatic N) is 2. The van der Waals surface area contributed by atoms with Crippen LogP contribution >= 0.6 is 0 Å². The Kier molecular flexibility index (Phi) is 3.54. The number of ketones is 1. The van der Waals surface area contributed by atoms with E-state index in [1.807, 2.05) is 35.8 Å². The monoisotopic (exact) mass is 232 g/mol. The van der Waals surface area contributed by atoms with Crippen molar-refractivity contribution in [3.05, 3.63) is 30.1 Å². The van der Waals surface area contributed by atoms with Gasteiger partial charge < -0.3 is 9.30 Å². The first kappa shape index (κ1) is 11.8. The molecule has 0 bridgehead atoms. The molecule has 0 aliphatic carbocycles. The van der Waals surface area contributed by atoms with Gasteiger partial charge in [-0.15, -0.1) is 0 Å². The number of imidazole rings is 1. The van der Waals surface area contributed by atoms with Crippen molar-refractivity contribution >= 4 is 16.8 Å². The number of para-hydroxylation sites is 2. The molecule has 0 atom stereocenters. The largest absolute Gasteiger partial charge is 0.380 e. The zero-order chi connectivity index (χ0) is 12.3. The van der Waals surface area contributed by atoms with Crippen LogP contribution in [0.4, 0.5) is 0 Å².